The second-order valence-electron chi connectivity index (χ2n) is 7.18. The first-order chi connectivity index (χ1) is 14.0. The molecule has 3 heterocycles. The summed E-state index contributed by atoms with van der Waals surface area (Å²) in [7, 11) is 1.78. The number of carboxylic acid groups (broad SMARTS) is 1. The van der Waals surface area contributed by atoms with Crippen LogP contribution in [0.3, 0.4) is 0 Å². The van der Waals surface area contributed by atoms with Crippen molar-refractivity contribution >= 4 is 23.3 Å². The molecule has 0 aliphatic carbocycles. The molecule has 10 nitrogen and oxygen atoms in total. The normalized spacial score (nSPS) is 14.9. The molecule has 1 amide bonds. The smallest absolute Gasteiger partial charge is 0.335 e. The molecule has 4 rings (SSSR count). The Balaban J connectivity index is 1.33. The molecule has 0 saturated carbocycles. The summed E-state index contributed by atoms with van der Waals surface area (Å²) >= 11 is 0. The monoisotopic (exact) mass is 395 g/mol. The molecule has 1 aliphatic rings. The van der Waals surface area contributed by atoms with Crippen LogP contribution in [0.5, 0.6) is 0 Å². The first kappa shape index (κ1) is 18.8. The lowest BCUT2D eigenvalue weighted by molar-refractivity contribution is -0.135. The third kappa shape index (κ3) is 4.00. The molecule has 3 aromatic rings. The van der Waals surface area contributed by atoms with Crippen molar-refractivity contribution in [3.05, 3.63) is 47.5 Å². The van der Waals surface area contributed by atoms with Crippen LogP contribution < -0.4 is 4.90 Å². The second-order valence-corrected chi connectivity index (χ2v) is 7.18. The van der Waals surface area contributed by atoms with E-state index in [4.69, 9.17) is 5.11 Å². The Hall–Kier alpha value is -3.56. The minimum atomic E-state index is -0.957. The third-order valence-electron chi connectivity index (χ3n) is 5.22. The molecule has 29 heavy (non-hydrogen) atoms. The van der Waals surface area contributed by atoms with Crippen LogP contribution in [0, 0.1) is 5.92 Å². The summed E-state index contributed by atoms with van der Waals surface area (Å²) < 4.78 is 1.40. The van der Waals surface area contributed by atoms with Crippen molar-refractivity contribution in [2.45, 2.75) is 19.4 Å². The number of hydrogen-bond donors (Lipinski definition) is 1. The van der Waals surface area contributed by atoms with E-state index in [1.165, 1.54) is 4.63 Å². The standard InChI is InChI=1S/C19H21N7O3/c1-24(12-13-2-4-15(5-3-13)19(28)29)18(27)14-8-10-25(11-9-14)17-7-6-16-20-22-23-26(16)21-17/h2-7,14H,8-12H2,1H3,(H,28,29). The number of benzene rings is 1. The number of amides is 1. The minimum absolute atomic E-state index is 0.0358. The van der Waals surface area contributed by atoms with Gasteiger partial charge in [0.05, 0.1) is 5.56 Å². The molecule has 1 N–H and O–H groups in total. The molecule has 0 bridgehead atoms. The molecule has 1 aromatic carbocycles. The topological polar surface area (TPSA) is 117 Å². The van der Waals surface area contributed by atoms with Crippen LogP contribution in [-0.4, -0.2) is 67.3 Å². The summed E-state index contributed by atoms with van der Waals surface area (Å²) in [5, 5.41) is 24.6. The number of nitrogens with zero attached hydrogens (tertiary/aromatic N) is 7. The second kappa shape index (κ2) is 7.82. The molecule has 1 aliphatic heterocycles. The third-order valence-corrected chi connectivity index (χ3v) is 5.22. The zero-order valence-electron chi connectivity index (χ0n) is 16.0. The molecule has 150 valence electrons. The van der Waals surface area contributed by atoms with Crippen molar-refractivity contribution in [1.82, 2.24) is 30.2 Å². The molecule has 0 spiro atoms. The minimum Gasteiger partial charge on any atom is -0.478 e. The Morgan fingerprint density at radius 2 is 1.86 bits per heavy atom. The maximum Gasteiger partial charge on any atom is 0.335 e. The van der Waals surface area contributed by atoms with Gasteiger partial charge in [-0.25, -0.2) is 4.79 Å². The van der Waals surface area contributed by atoms with E-state index in [0.717, 1.165) is 37.3 Å². The van der Waals surface area contributed by atoms with Crippen LogP contribution in [0.4, 0.5) is 5.82 Å². The number of carbonyl (C=O) groups excluding carboxylic acids is 1. The Morgan fingerprint density at radius 3 is 2.55 bits per heavy atom. The largest absolute Gasteiger partial charge is 0.478 e. The summed E-state index contributed by atoms with van der Waals surface area (Å²) in [6.45, 7) is 1.92. The molecule has 0 radical (unpaired) electrons. The first-order valence-electron chi connectivity index (χ1n) is 9.39. The highest BCUT2D eigenvalue weighted by Gasteiger charge is 2.28. The van der Waals surface area contributed by atoms with Crippen LogP contribution in [0.1, 0.15) is 28.8 Å². The maximum absolute atomic E-state index is 12.8. The van der Waals surface area contributed by atoms with Gasteiger partial charge in [0.15, 0.2) is 11.5 Å². The van der Waals surface area contributed by atoms with Crippen molar-refractivity contribution in [2.75, 3.05) is 25.0 Å². The van der Waals surface area contributed by atoms with E-state index in [0.29, 0.717) is 12.2 Å². The van der Waals surface area contributed by atoms with E-state index in [2.05, 4.69) is 25.5 Å². The van der Waals surface area contributed by atoms with Crippen LogP contribution in [0.25, 0.3) is 5.65 Å². The first-order valence-corrected chi connectivity index (χ1v) is 9.39. The highest BCUT2D eigenvalue weighted by Crippen LogP contribution is 2.23. The van der Waals surface area contributed by atoms with Gasteiger partial charge in [-0.05, 0) is 53.1 Å². The molecular formula is C19H21N7O3. The molecule has 0 unspecified atom stereocenters. The number of anilines is 1. The van der Waals surface area contributed by atoms with Gasteiger partial charge in [0.25, 0.3) is 0 Å². The lowest BCUT2D eigenvalue weighted by atomic mass is 9.95. The number of hydrogen-bond acceptors (Lipinski definition) is 7. The highest BCUT2D eigenvalue weighted by atomic mass is 16.4. The zero-order valence-corrected chi connectivity index (χ0v) is 16.0. The number of carboxylic acids is 1. The van der Waals surface area contributed by atoms with Gasteiger partial charge >= 0.3 is 5.97 Å². The fourth-order valence-electron chi connectivity index (χ4n) is 3.58. The summed E-state index contributed by atoms with van der Waals surface area (Å²) in [6, 6.07) is 10.3. The van der Waals surface area contributed by atoms with Crippen molar-refractivity contribution in [1.29, 1.82) is 0 Å². The van der Waals surface area contributed by atoms with Gasteiger partial charge in [0.2, 0.25) is 5.91 Å². The Kier molecular flexibility index (Phi) is 5.07. The number of tetrazole rings is 1. The van der Waals surface area contributed by atoms with E-state index in [-0.39, 0.29) is 17.4 Å². The van der Waals surface area contributed by atoms with E-state index in [1.807, 2.05) is 12.1 Å². The Morgan fingerprint density at radius 1 is 1.14 bits per heavy atom. The summed E-state index contributed by atoms with van der Waals surface area (Å²) in [5.74, 6) is -0.0915. The van der Waals surface area contributed by atoms with Crippen LogP contribution in [-0.2, 0) is 11.3 Å². The summed E-state index contributed by atoms with van der Waals surface area (Å²) in [5.41, 5.74) is 1.74. The van der Waals surface area contributed by atoms with Gasteiger partial charge in [-0.1, -0.05) is 12.1 Å². The average Bonchev–Trinajstić information content (AvgIpc) is 3.21. The van der Waals surface area contributed by atoms with Crippen molar-refractivity contribution in [2.24, 2.45) is 5.92 Å². The van der Waals surface area contributed by atoms with E-state index < -0.39 is 5.97 Å². The number of piperidine rings is 1. The molecule has 1 saturated heterocycles. The highest BCUT2D eigenvalue weighted by molar-refractivity contribution is 5.87. The summed E-state index contributed by atoms with van der Waals surface area (Å²) in [4.78, 5) is 27.6. The van der Waals surface area contributed by atoms with Gasteiger partial charge in [0.1, 0.15) is 0 Å². The average molecular weight is 395 g/mol. The molecule has 10 heteroatoms. The SMILES string of the molecule is CN(Cc1ccc(C(=O)O)cc1)C(=O)C1CCN(c2ccc3nnnn3n2)CC1. The number of fused-ring (bicyclic) bond motifs is 1. The quantitative estimate of drug-likeness (QED) is 0.682. The molecular weight excluding hydrogens is 374 g/mol. The summed E-state index contributed by atoms with van der Waals surface area (Å²) in [6.07, 6.45) is 1.49. The van der Waals surface area contributed by atoms with Gasteiger partial charge < -0.3 is 14.9 Å². The van der Waals surface area contributed by atoms with Gasteiger partial charge in [0, 0.05) is 32.6 Å². The zero-order chi connectivity index (χ0) is 20.4. The van der Waals surface area contributed by atoms with Crippen LogP contribution in [0.2, 0.25) is 0 Å². The van der Waals surface area contributed by atoms with Crippen molar-refractivity contribution in [3.63, 3.8) is 0 Å². The maximum atomic E-state index is 12.8. The Bertz CT molecular complexity index is 1030. The predicted molar refractivity (Wildman–Crippen MR) is 103 cm³/mol. The number of carbonyl (C=O) groups is 2. The van der Waals surface area contributed by atoms with Crippen molar-refractivity contribution < 1.29 is 14.7 Å². The van der Waals surface area contributed by atoms with Crippen LogP contribution in [0.15, 0.2) is 36.4 Å². The number of aromatic carboxylic acids is 1. The molecule has 2 aromatic heterocycles. The number of aromatic nitrogens is 5. The van der Waals surface area contributed by atoms with Crippen molar-refractivity contribution in [3.8, 4) is 0 Å². The van der Waals surface area contributed by atoms with E-state index in [9.17, 15) is 9.59 Å². The lowest BCUT2D eigenvalue weighted by Crippen LogP contribution is -2.41. The Labute approximate surface area is 166 Å². The molecule has 0 atom stereocenters. The van der Waals surface area contributed by atoms with E-state index >= 15 is 0 Å². The fraction of sp³-hybridized carbons (Fsp3) is 0.368. The van der Waals surface area contributed by atoms with Crippen LogP contribution >= 0.6 is 0 Å². The lowest BCUT2D eigenvalue weighted by Gasteiger charge is -2.33. The fourth-order valence-corrected chi connectivity index (χ4v) is 3.58. The van der Waals surface area contributed by atoms with Gasteiger partial charge in [-0.3, -0.25) is 4.79 Å². The van der Waals surface area contributed by atoms with Gasteiger partial charge in [-0.2, -0.15) is 0 Å². The van der Waals surface area contributed by atoms with E-state index in [1.54, 1.807) is 36.2 Å². The molecule has 1 fully saturated rings. The number of rotatable bonds is 5. The predicted octanol–water partition coefficient (Wildman–Crippen LogP) is 1.09. The van der Waals surface area contributed by atoms with Gasteiger partial charge in [-0.15, -0.1) is 14.8 Å².